The summed E-state index contributed by atoms with van der Waals surface area (Å²) >= 11 is 0. The maximum Gasteiger partial charge on any atom is 0.278 e. The summed E-state index contributed by atoms with van der Waals surface area (Å²) in [5.74, 6) is 0.361. The van der Waals surface area contributed by atoms with Gasteiger partial charge in [-0.1, -0.05) is 18.2 Å². The molecule has 3 aromatic rings. The Balaban J connectivity index is 1.82. The lowest BCUT2D eigenvalue weighted by molar-refractivity contribution is 0.0987. The fourth-order valence-corrected chi connectivity index (χ4v) is 1.91. The minimum Gasteiger partial charge on any atom is -0.310 e. The third kappa shape index (κ3) is 2.64. The molecule has 21 heavy (non-hydrogen) atoms. The van der Waals surface area contributed by atoms with Gasteiger partial charge in [0, 0.05) is 25.1 Å². The van der Waals surface area contributed by atoms with Crippen LogP contribution in [0.15, 0.2) is 60.9 Å². The van der Waals surface area contributed by atoms with Crippen molar-refractivity contribution in [2.75, 3.05) is 11.9 Å². The summed E-state index contributed by atoms with van der Waals surface area (Å²) in [4.78, 5) is 13.9. The number of hydrogen-bond donors (Lipinski definition) is 0. The zero-order valence-corrected chi connectivity index (χ0v) is 11.4. The molecule has 0 saturated heterocycles. The van der Waals surface area contributed by atoms with Crippen LogP contribution in [0.5, 0.6) is 0 Å². The Morgan fingerprint density at radius 1 is 1.05 bits per heavy atom. The number of aromatic nitrogens is 4. The molecule has 0 fully saturated rings. The van der Waals surface area contributed by atoms with Gasteiger partial charge in [-0.2, -0.15) is 5.10 Å². The zero-order chi connectivity index (χ0) is 14.7. The van der Waals surface area contributed by atoms with Crippen molar-refractivity contribution in [2.45, 2.75) is 0 Å². The fourth-order valence-electron chi connectivity index (χ4n) is 1.91. The lowest BCUT2D eigenvalue weighted by atomic mass is 10.2. The third-order valence-electron chi connectivity index (χ3n) is 3.06. The second kappa shape index (κ2) is 5.54. The minimum absolute atomic E-state index is 0.208. The highest BCUT2D eigenvalue weighted by Crippen LogP contribution is 2.13. The van der Waals surface area contributed by atoms with Crippen LogP contribution in [0.1, 0.15) is 10.5 Å². The minimum atomic E-state index is -0.208. The zero-order valence-electron chi connectivity index (χ0n) is 11.4. The molecule has 0 bridgehead atoms. The molecule has 0 aliphatic carbocycles. The van der Waals surface area contributed by atoms with Crippen molar-refractivity contribution in [1.29, 1.82) is 0 Å². The Bertz CT molecular complexity index is 723. The van der Waals surface area contributed by atoms with Crippen molar-refractivity contribution in [3.8, 4) is 5.82 Å². The maximum atomic E-state index is 12.3. The summed E-state index contributed by atoms with van der Waals surface area (Å²) < 4.78 is 1.59. The number of rotatable bonds is 3. The van der Waals surface area contributed by atoms with Gasteiger partial charge in [-0.3, -0.25) is 4.79 Å². The third-order valence-corrected chi connectivity index (χ3v) is 3.06. The number of para-hydroxylation sites is 1. The second-order valence-corrected chi connectivity index (χ2v) is 4.43. The van der Waals surface area contributed by atoms with E-state index in [2.05, 4.69) is 15.3 Å². The van der Waals surface area contributed by atoms with Crippen molar-refractivity contribution in [1.82, 2.24) is 20.0 Å². The SMILES string of the molecule is CN(C(=O)c1ccc(-n2cccn2)nn1)c1ccccc1. The fraction of sp³-hybridized carbons (Fsp3) is 0.0667. The molecule has 6 nitrogen and oxygen atoms in total. The standard InChI is InChI=1S/C15H13N5O/c1-19(12-6-3-2-4-7-12)15(21)13-8-9-14(18-17-13)20-11-5-10-16-20/h2-11H,1H3. The Morgan fingerprint density at radius 2 is 1.86 bits per heavy atom. The summed E-state index contributed by atoms with van der Waals surface area (Å²) in [7, 11) is 1.71. The van der Waals surface area contributed by atoms with E-state index in [9.17, 15) is 4.79 Å². The number of carbonyl (C=O) groups is 1. The van der Waals surface area contributed by atoms with Gasteiger partial charge in [0.05, 0.1) is 0 Å². The molecule has 0 N–H and O–H groups in total. The van der Waals surface area contributed by atoms with Gasteiger partial charge < -0.3 is 4.90 Å². The second-order valence-electron chi connectivity index (χ2n) is 4.43. The number of hydrogen-bond acceptors (Lipinski definition) is 4. The van der Waals surface area contributed by atoms with Crippen molar-refractivity contribution in [2.24, 2.45) is 0 Å². The molecular weight excluding hydrogens is 266 g/mol. The predicted molar refractivity (Wildman–Crippen MR) is 78.3 cm³/mol. The molecule has 104 valence electrons. The summed E-state index contributed by atoms with van der Waals surface area (Å²) in [6.07, 6.45) is 3.42. The highest BCUT2D eigenvalue weighted by atomic mass is 16.2. The molecule has 3 rings (SSSR count). The first-order chi connectivity index (χ1) is 10.3. The molecule has 2 aromatic heterocycles. The van der Waals surface area contributed by atoms with Crippen LogP contribution < -0.4 is 4.90 Å². The Kier molecular flexibility index (Phi) is 3.42. The predicted octanol–water partition coefficient (Wildman–Crippen LogP) is 1.94. The number of benzene rings is 1. The lowest BCUT2D eigenvalue weighted by Crippen LogP contribution is -2.27. The molecule has 0 saturated carbocycles. The number of amides is 1. The topological polar surface area (TPSA) is 63.9 Å². The van der Waals surface area contributed by atoms with Crippen LogP contribution in [0, 0.1) is 0 Å². The normalized spacial score (nSPS) is 10.3. The highest BCUT2D eigenvalue weighted by Gasteiger charge is 2.15. The van der Waals surface area contributed by atoms with Crippen LogP contribution in [0.4, 0.5) is 5.69 Å². The van der Waals surface area contributed by atoms with E-state index in [1.54, 1.807) is 42.3 Å². The number of anilines is 1. The molecule has 1 amide bonds. The van der Waals surface area contributed by atoms with Gasteiger partial charge in [-0.05, 0) is 30.3 Å². The van der Waals surface area contributed by atoms with Crippen molar-refractivity contribution >= 4 is 11.6 Å². The maximum absolute atomic E-state index is 12.3. The number of carbonyl (C=O) groups excluding carboxylic acids is 1. The van der Waals surface area contributed by atoms with Crippen LogP contribution in [-0.4, -0.2) is 32.9 Å². The largest absolute Gasteiger partial charge is 0.310 e. The van der Waals surface area contributed by atoms with Crippen LogP contribution >= 0.6 is 0 Å². The van der Waals surface area contributed by atoms with E-state index in [4.69, 9.17) is 0 Å². The summed E-state index contributed by atoms with van der Waals surface area (Å²) in [5, 5.41) is 12.1. The molecular formula is C15H13N5O. The molecule has 0 unspecified atom stereocenters. The van der Waals surface area contributed by atoms with E-state index in [0.29, 0.717) is 5.82 Å². The summed E-state index contributed by atoms with van der Waals surface area (Å²) in [5.41, 5.74) is 1.10. The molecule has 0 spiro atoms. The van der Waals surface area contributed by atoms with Crippen molar-refractivity contribution < 1.29 is 4.79 Å². The van der Waals surface area contributed by atoms with Gasteiger partial charge in [-0.25, -0.2) is 4.68 Å². The highest BCUT2D eigenvalue weighted by molar-refractivity contribution is 6.04. The van der Waals surface area contributed by atoms with E-state index in [1.807, 2.05) is 30.3 Å². The first-order valence-electron chi connectivity index (χ1n) is 6.42. The molecule has 1 aromatic carbocycles. The van der Waals surface area contributed by atoms with Crippen molar-refractivity contribution in [3.05, 3.63) is 66.6 Å². The number of nitrogens with zero attached hydrogens (tertiary/aromatic N) is 5. The quantitative estimate of drug-likeness (QED) is 0.735. The van der Waals surface area contributed by atoms with E-state index in [-0.39, 0.29) is 11.6 Å². The molecule has 0 atom stereocenters. The van der Waals surface area contributed by atoms with Gasteiger partial charge in [-0.15, -0.1) is 10.2 Å². The average molecular weight is 279 g/mol. The smallest absolute Gasteiger partial charge is 0.278 e. The van der Waals surface area contributed by atoms with E-state index in [0.717, 1.165) is 5.69 Å². The average Bonchev–Trinajstić information content (AvgIpc) is 3.09. The van der Waals surface area contributed by atoms with E-state index in [1.165, 1.54) is 4.90 Å². The Hall–Kier alpha value is -3.02. The molecule has 0 aliphatic rings. The first kappa shape index (κ1) is 13.0. The van der Waals surface area contributed by atoms with Gasteiger partial charge in [0.25, 0.3) is 5.91 Å². The van der Waals surface area contributed by atoms with Gasteiger partial charge in [0.1, 0.15) is 0 Å². The van der Waals surface area contributed by atoms with Crippen LogP contribution in [0.2, 0.25) is 0 Å². The van der Waals surface area contributed by atoms with Gasteiger partial charge in [0.2, 0.25) is 0 Å². The summed E-state index contributed by atoms with van der Waals surface area (Å²) in [6, 6.07) is 14.5. The molecule has 0 aliphatic heterocycles. The monoisotopic (exact) mass is 279 g/mol. The van der Waals surface area contributed by atoms with Gasteiger partial charge >= 0.3 is 0 Å². The van der Waals surface area contributed by atoms with E-state index < -0.39 is 0 Å². The lowest BCUT2D eigenvalue weighted by Gasteiger charge is -2.16. The summed E-state index contributed by atoms with van der Waals surface area (Å²) in [6.45, 7) is 0. The Labute approximate surface area is 121 Å². The van der Waals surface area contributed by atoms with Crippen molar-refractivity contribution in [3.63, 3.8) is 0 Å². The van der Waals surface area contributed by atoms with Crippen LogP contribution in [-0.2, 0) is 0 Å². The van der Waals surface area contributed by atoms with E-state index >= 15 is 0 Å². The molecule has 0 radical (unpaired) electrons. The first-order valence-corrected chi connectivity index (χ1v) is 6.42. The molecule has 6 heteroatoms. The van der Waals surface area contributed by atoms with Crippen LogP contribution in [0.3, 0.4) is 0 Å². The van der Waals surface area contributed by atoms with Crippen LogP contribution in [0.25, 0.3) is 5.82 Å². The van der Waals surface area contributed by atoms with Gasteiger partial charge in [0.15, 0.2) is 11.5 Å². The Morgan fingerprint density at radius 3 is 2.48 bits per heavy atom. The molecule has 2 heterocycles.